The van der Waals surface area contributed by atoms with Crippen molar-refractivity contribution in [3.05, 3.63) is 84.2 Å². The average Bonchev–Trinajstić information content (AvgIpc) is 3.01. The Morgan fingerprint density at radius 3 is 2.50 bits per heavy atom. The van der Waals surface area contributed by atoms with Crippen molar-refractivity contribution in [3.8, 4) is 17.5 Å². The number of aromatic nitrogens is 3. The molecule has 2 aromatic heterocycles. The van der Waals surface area contributed by atoms with Crippen molar-refractivity contribution in [2.75, 3.05) is 0 Å². The van der Waals surface area contributed by atoms with Gasteiger partial charge in [0.05, 0.1) is 22.7 Å². The van der Waals surface area contributed by atoms with Crippen LogP contribution >= 0.6 is 0 Å². The Morgan fingerprint density at radius 1 is 0.958 bits per heavy atom. The van der Waals surface area contributed by atoms with Gasteiger partial charge < -0.3 is 4.57 Å². The summed E-state index contributed by atoms with van der Waals surface area (Å²) in [4.78, 5) is 8.87. The number of hydrogen-bond donors (Lipinski definition) is 0. The van der Waals surface area contributed by atoms with Crippen LogP contribution in [0.1, 0.15) is 11.1 Å². The van der Waals surface area contributed by atoms with Gasteiger partial charge in [0.1, 0.15) is 5.82 Å². The van der Waals surface area contributed by atoms with Gasteiger partial charge in [0.2, 0.25) is 0 Å². The summed E-state index contributed by atoms with van der Waals surface area (Å²) in [6, 6.07) is 22.0. The van der Waals surface area contributed by atoms with E-state index in [1.54, 1.807) is 18.5 Å². The number of nitrogens with zero attached hydrogens (tertiary/aromatic N) is 4. The van der Waals surface area contributed by atoms with Crippen molar-refractivity contribution in [2.24, 2.45) is 0 Å². The number of nitriles is 1. The van der Waals surface area contributed by atoms with E-state index in [9.17, 15) is 5.26 Å². The van der Waals surface area contributed by atoms with Crippen molar-refractivity contribution in [1.29, 1.82) is 5.26 Å². The van der Waals surface area contributed by atoms with E-state index >= 15 is 0 Å². The second-order valence-corrected chi connectivity index (χ2v) is 5.56. The van der Waals surface area contributed by atoms with Gasteiger partial charge >= 0.3 is 0 Å². The number of hydrogen-bond acceptors (Lipinski definition) is 3. The lowest BCUT2D eigenvalue weighted by Crippen LogP contribution is -2.02. The quantitative estimate of drug-likeness (QED) is 0.574. The maximum Gasteiger partial charge on any atom is 0.141 e. The Bertz CT molecular complexity index is 1030. The van der Waals surface area contributed by atoms with Crippen molar-refractivity contribution in [1.82, 2.24) is 14.5 Å². The molecule has 0 N–H and O–H groups in total. The zero-order valence-corrected chi connectivity index (χ0v) is 12.9. The van der Waals surface area contributed by atoms with Gasteiger partial charge in [-0.3, -0.25) is 4.98 Å². The van der Waals surface area contributed by atoms with Crippen LogP contribution in [-0.2, 0) is 6.54 Å². The minimum absolute atomic E-state index is 0.637. The SMILES string of the molecule is N#Cc1ccc2nc(-c3ccncc3)n(Cc3ccccc3)c2c1. The van der Waals surface area contributed by atoms with Gasteiger partial charge in [-0.2, -0.15) is 5.26 Å². The molecule has 2 heterocycles. The highest BCUT2D eigenvalue weighted by molar-refractivity contribution is 5.82. The fraction of sp³-hybridized carbons (Fsp3) is 0.0500. The lowest BCUT2D eigenvalue weighted by Gasteiger charge is -2.09. The Kier molecular flexibility index (Phi) is 3.53. The van der Waals surface area contributed by atoms with Gasteiger partial charge in [0, 0.05) is 24.5 Å². The van der Waals surface area contributed by atoms with Gasteiger partial charge in [0.25, 0.3) is 0 Å². The van der Waals surface area contributed by atoms with Crippen molar-refractivity contribution >= 4 is 11.0 Å². The molecule has 4 aromatic rings. The topological polar surface area (TPSA) is 54.5 Å². The predicted octanol–water partition coefficient (Wildman–Crippen LogP) is 4.02. The fourth-order valence-corrected chi connectivity index (χ4v) is 2.84. The molecule has 2 aromatic carbocycles. The molecule has 0 saturated carbocycles. The summed E-state index contributed by atoms with van der Waals surface area (Å²) in [5.41, 5.74) is 4.68. The number of fused-ring (bicyclic) bond motifs is 1. The number of imidazole rings is 1. The third kappa shape index (κ3) is 2.53. The molecule has 0 radical (unpaired) electrons. The Hall–Kier alpha value is -3.45. The minimum atomic E-state index is 0.637. The first-order valence-corrected chi connectivity index (χ1v) is 7.70. The second-order valence-electron chi connectivity index (χ2n) is 5.56. The van der Waals surface area contributed by atoms with Gasteiger partial charge in [-0.05, 0) is 35.9 Å². The van der Waals surface area contributed by atoms with Crippen LogP contribution in [0.25, 0.3) is 22.4 Å². The predicted molar refractivity (Wildman–Crippen MR) is 93.2 cm³/mol. The van der Waals surface area contributed by atoms with Crippen molar-refractivity contribution < 1.29 is 0 Å². The van der Waals surface area contributed by atoms with Gasteiger partial charge in [-0.15, -0.1) is 0 Å². The normalized spacial score (nSPS) is 10.6. The van der Waals surface area contributed by atoms with E-state index in [2.05, 4.69) is 27.8 Å². The highest BCUT2D eigenvalue weighted by atomic mass is 15.1. The molecule has 0 amide bonds. The highest BCUT2D eigenvalue weighted by Gasteiger charge is 2.13. The minimum Gasteiger partial charge on any atom is -0.319 e. The molecule has 0 spiro atoms. The van der Waals surface area contributed by atoms with E-state index < -0.39 is 0 Å². The molecule has 0 fully saturated rings. The molecule has 0 saturated heterocycles. The summed E-state index contributed by atoms with van der Waals surface area (Å²) >= 11 is 0. The van der Waals surface area contributed by atoms with Crippen LogP contribution < -0.4 is 0 Å². The lowest BCUT2D eigenvalue weighted by atomic mass is 10.2. The molecule has 0 aliphatic carbocycles. The molecule has 0 unspecified atom stereocenters. The largest absolute Gasteiger partial charge is 0.319 e. The van der Waals surface area contributed by atoms with Crippen LogP contribution in [0.3, 0.4) is 0 Å². The molecule has 0 bridgehead atoms. The Balaban J connectivity index is 1.94. The Labute approximate surface area is 139 Å². The zero-order valence-electron chi connectivity index (χ0n) is 12.9. The molecule has 4 heteroatoms. The summed E-state index contributed by atoms with van der Waals surface area (Å²) in [6.45, 7) is 0.698. The molecule has 4 nitrogen and oxygen atoms in total. The molecule has 0 aliphatic rings. The monoisotopic (exact) mass is 310 g/mol. The molecule has 4 rings (SSSR count). The zero-order chi connectivity index (χ0) is 16.4. The maximum atomic E-state index is 9.21. The van der Waals surface area contributed by atoms with E-state index in [0.29, 0.717) is 12.1 Å². The first-order valence-electron chi connectivity index (χ1n) is 7.70. The molecular formula is C20H14N4. The summed E-state index contributed by atoms with van der Waals surface area (Å²) in [5, 5.41) is 9.21. The first kappa shape index (κ1) is 14.2. The Morgan fingerprint density at radius 2 is 1.75 bits per heavy atom. The summed E-state index contributed by atoms with van der Waals surface area (Å²) in [7, 11) is 0. The number of pyridine rings is 1. The molecule has 0 aliphatic heterocycles. The third-order valence-electron chi connectivity index (χ3n) is 4.00. The van der Waals surface area contributed by atoms with Crippen LogP contribution in [0.4, 0.5) is 0 Å². The van der Waals surface area contributed by atoms with Crippen LogP contribution in [0, 0.1) is 11.3 Å². The van der Waals surface area contributed by atoms with Crippen LogP contribution in [0.15, 0.2) is 73.1 Å². The van der Waals surface area contributed by atoms with Gasteiger partial charge in [0.15, 0.2) is 0 Å². The summed E-state index contributed by atoms with van der Waals surface area (Å²) in [6.07, 6.45) is 3.53. The highest BCUT2D eigenvalue weighted by Crippen LogP contribution is 2.26. The maximum absolute atomic E-state index is 9.21. The van der Waals surface area contributed by atoms with E-state index in [1.807, 2.05) is 42.5 Å². The fourth-order valence-electron chi connectivity index (χ4n) is 2.84. The smallest absolute Gasteiger partial charge is 0.141 e. The van der Waals surface area contributed by atoms with Crippen LogP contribution in [0.5, 0.6) is 0 Å². The average molecular weight is 310 g/mol. The molecule has 24 heavy (non-hydrogen) atoms. The van der Waals surface area contributed by atoms with E-state index in [4.69, 9.17) is 4.98 Å². The van der Waals surface area contributed by atoms with Crippen molar-refractivity contribution in [3.63, 3.8) is 0 Å². The number of rotatable bonds is 3. The first-order chi connectivity index (χ1) is 11.8. The number of benzene rings is 2. The van der Waals surface area contributed by atoms with E-state index in [0.717, 1.165) is 22.4 Å². The van der Waals surface area contributed by atoms with Crippen LogP contribution in [-0.4, -0.2) is 14.5 Å². The van der Waals surface area contributed by atoms with Crippen molar-refractivity contribution in [2.45, 2.75) is 6.54 Å². The molecule has 0 atom stereocenters. The lowest BCUT2D eigenvalue weighted by molar-refractivity contribution is 0.834. The van der Waals surface area contributed by atoms with Gasteiger partial charge in [-0.1, -0.05) is 30.3 Å². The van der Waals surface area contributed by atoms with Gasteiger partial charge in [-0.25, -0.2) is 4.98 Å². The second kappa shape index (κ2) is 5.98. The summed E-state index contributed by atoms with van der Waals surface area (Å²) < 4.78 is 2.15. The molecule has 114 valence electrons. The van der Waals surface area contributed by atoms with E-state index in [1.165, 1.54) is 5.56 Å². The third-order valence-corrected chi connectivity index (χ3v) is 4.00. The van der Waals surface area contributed by atoms with E-state index in [-0.39, 0.29) is 0 Å². The van der Waals surface area contributed by atoms with Crippen LogP contribution in [0.2, 0.25) is 0 Å². The standard InChI is InChI=1S/C20H14N4/c21-13-16-6-7-18-19(12-16)24(14-15-4-2-1-3-5-15)20(23-18)17-8-10-22-11-9-17/h1-12H,14H2. The molecular weight excluding hydrogens is 296 g/mol. The summed E-state index contributed by atoms with van der Waals surface area (Å²) in [5.74, 6) is 0.881.